The molecule has 0 amide bonds. The normalized spacial score (nSPS) is 13.8. The first-order valence-corrected chi connectivity index (χ1v) is 12.3. The molecule has 36 heavy (non-hydrogen) atoms. The van der Waals surface area contributed by atoms with E-state index in [-0.39, 0.29) is 0 Å². The first kappa shape index (κ1) is 23.9. The van der Waals surface area contributed by atoms with E-state index in [1.165, 1.54) is 0 Å². The number of aromatic nitrogens is 1. The number of H-pyrrole nitrogens is 1. The Morgan fingerprint density at radius 1 is 0.889 bits per heavy atom. The SMILES string of the molecule is Cc1ccc(C(OC(=O)[C@@H](N)Cc2c[nH]c3ccccc23)(c2ccccc2)c2ccccc2Cl)cc1. The highest BCUT2D eigenvalue weighted by atomic mass is 35.5. The molecule has 0 radical (unpaired) electrons. The lowest BCUT2D eigenvalue weighted by Gasteiger charge is -2.36. The first-order valence-electron chi connectivity index (χ1n) is 11.9. The molecule has 5 rings (SSSR count). The molecule has 4 nitrogen and oxygen atoms in total. The van der Waals surface area contributed by atoms with Gasteiger partial charge < -0.3 is 15.5 Å². The van der Waals surface area contributed by atoms with Gasteiger partial charge in [0.2, 0.25) is 0 Å². The molecule has 1 unspecified atom stereocenters. The van der Waals surface area contributed by atoms with E-state index in [0.29, 0.717) is 17.0 Å². The topological polar surface area (TPSA) is 68.1 Å². The molecule has 0 bridgehead atoms. The summed E-state index contributed by atoms with van der Waals surface area (Å²) >= 11 is 6.76. The van der Waals surface area contributed by atoms with Crippen molar-refractivity contribution in [3.8, 4) is 0 Å². The van der Waals surface area contributed by atoms with Crippen LogP contribution in [0.5, 0.6) is 0 Å². The third kappa shape index (κ3) is 4.41. The lowest BCUT2D eigenvalue weighted by Crippen LogP contribution is -2.43. The Hall–Kier alpha value is -3.86. The highest BCUT2D eigenvalue weighted by Crippen LogP contribution is 2.43. The number of para-hydroxylation sites is 1. The predicted molar refractivity (Wildman–Crippen MR) is 145 cm³/mol. The molecule has 180 valence electrons. The van der Waals surface area contributed by atoms with Gasteiger partial charge in [0.15, 0.2) is 5.60 Å². The number of nitrogens with two attached hydrogens (primary N) is 1. The zero-order chi connectivity index (χ0) is 25.1. The van der Waals surface area contributed by atoms with Gasteiger partial charge in [0.25, 0.3) is 0 Å². The third-order valence-corrected chi connectivity index (χ3v) is 6.89. The van der Waals surface area contributed by atoms with Crippen molar-refractivity contribution in [2.75, 3.05) is 0 Å². The molecular weight excluding hydrogens is 468 g/mol. The lowest BCUT2D eigenvalue weighted by molar-refractivity contribution is -0.155. The number of fused-ring (bicyclic) bond motifs is 1. The average molecular weight is 495 g/mol. The van der Waals surface area contributed by atoms with Crippen LogP contribution in [0.3, 0.4) is 0 Å². The summed E-state index contributed by atoms with van der Waals surface area (Å²) in [6.45, 7) is 2.02. The lowest BCUT2D eigenvalue weighted by atomic mass is 9.79. The molecule has 3 N–H and O–H groups in total. The molecule has 5 aromatic rings. The van der Waals surface area contributed by atoms with Crippen molar-refractivity contribution in [1.29, 1.82) is 0 Å². The Labute approximate surface area is 215 Å². The zero-order valence-electron chi connectivity index (χ0n) is 19.9. The van der Waals surface area contributed by atoms with E-state index < -0.39 is 17.6 Å². The molecule has 0 saturated heterocycles. The van der Waals surface area contributed by atoms with Crippen LogP contribution in [0.15, 0.2) is 109 Å². The van der Waals surface area contributed by atoms with E-state index in [9.17, 15) is 4.79 Å². The first-order chi connectivity index (χ1) is 17.5. The summed E-state index contributed by atoms with van der Waals surface area (Å²) in [4.78, 5) is 17.0. The largest absolute Gasteiger partial charge is 0.443 e. The highest BCUT2D eigenvalue weighted by Gasteiger charge is 2.43. The van der Waals surface area contributed by atoms with Crippen LogP contribution in [0.25, 0.3) is 10.9 Å². The van der Waals surface area contributed by atoms with Crippen LogP contribution in [0, 0.1) is 6.92 Å². The van der Waals surface area contributed by atoms with E-state index in [0.717, 1.165) is 33.2 Å². The van der Waals surface area contributed by atoms with Gasteiger partial charge in [-0.1, -0.05) is 108 Å². The molecule has 0 aliphatic heterocycles. The van der Waals surface area contributed by atoms with Crippen LogP contribution in [0.2, 0.25) is 5.02 Å². The fraction of sp³-hybridized carbons (Fsp3) is 0.129. The fourth-order valence-corrected chi connectivity index (χ4v) is 4.97. The number of ether oxygens (including phenoxy) is 1. The quantitative estimate of drug-likeness (QED) is 0.199. The summed E-state index contributed by atoms with van der Waals surface area (Å²) in [5.41, 5.74) is 10.5. The highest BCUT2D eigenvalue weighted by molar-refractivity contribution is 6.31. The maximum absolute atomic E-state index is 13.7. The zero-order valence-corrected chi connectivity index (χ0v) is 20.7. The number of hydrogen-bond donors (Lipinski definition) is 2. The number of aromatic amines is 1. The number of esters is 1. The molecule has 0 fully saturated rings. The van der Waals surface area contributed by atoms with E-state index in [1.807, 2.05) is 116 Å². The summed E-state index contributed by atoms with van der Waals surface area (Å²) in [5, 5.41) is 1.54. The molecule has 2 atom stereocenters. The van der Waals surface area contributed by atoms with Crippen LogP contribution < -0.4 is 5.73 Å². The van der Waals surface area contributed by atoms with Crippen LogP contribution in [0.4, 0.5) is 0 Å². The van der Waals surface area contributed by atoms with Gasteiger partial charge in [-0.3, -0.25) is 4.79 Å². The molecule has 1 heterocycles. The van der Waals surface area contributed by atoms with E-state index in [4.69, 9.17) is 22.1 Å². The van der Waals surface area contributed by atoms with Crippen molar-refractivity contribution in [2.24, 2.45) is 5.73 Å². The van der Waals surface area contributed by atoms with Crippen LogP contribution >= 0.6 is 11.6 Å². The van der Waals surface area contributed by atoms with Crippen molar-refractivity contribution in [2.45, 2.75) is 25.0 Å². The fourth-order valence-electron chi connectivity index (χ4n) is 4.71. The molecule has 0 saturated carbocycles. The summed E-state index contributed by atoms with van der Waals surface area (Å²) in [6, 6.07) is 32.2. The molecule has 0 aliphatic carbocycles. The second kappa shape index (κ2) is 10.0. The monoisotopic (exact) mass is 494 g/mol. The Kier molecular flexibility index (Phi) is 6.64. The number of carbonyl (C=O) groups excluding carboxylic acids is 1. The third-order valence-electron chi connectivity index (χ3n) is 6.56. The Balaban J connectivity index is 1.60. The number of aryl methyl sites for hydroxylation is 1. The molecule has 4 aromatic carbocycles. The van der Waals surface area contributed by atoms with Gasteiger partial charge in [0.1, 0.15) is 6.04 Å². The second-order valence-corrected chi connectivity index (χ2v) is 9.39. The number of benzene rings is 4. The van der Waals surface area contributed by atoms with Crippen molar-refractivity contribution >= 4 is 28.5 Å². The van der Waals surface area contributed by atoms with Crippen LogP contribution in [-0.4, -0.2) is 17.0 Å². The molecule has 5 heteroatoms. The minimum atomic E-state index is -1.28. The Morgan fingerprint density at radius 3 is 2.28 bits per heavy atom. The predicted octanol–water partition coefficient (Wildman–Crippen LogP) is 6.53. The Bertz CT molecular complexity index is 1490. The van der Waals surface area contributed by atoms with Crippen molar-refractivity contribution in [3.05, 3.63) is 142 Å². The van der Waals surface area contributed by atoms with Gasteiger partial charge in [0, 0.05) is 45.2 Å². The average Bonchev–Trinajstić information content (AvgIpc) is 3.31. The summed E-state index contributed by atoms with van der Waals surface area (Å²) < 4.78 is 6.48. The van der Waals surface area contributed by atoms with E-state index in [2.05, 4.69) is 4.98 Å². The summed E-state index contributed by atoms with van der Waals surface area (Å²) in [6.07, 6.45) is 2.24. The van der Waals surface area contributed by atoms with Crippen LogP contribution in [0.1, 0.15) is 27.8 Å². The van der Waals surface area contributed by atoms with Gasteiger partial charge in [-0.15, -0.1) is 0 Å². The number of nitrogens with one attached hydrogen (secondary N) is 1. The van der Waals surface area contributed by atoms with Crippen molar-refractivity contribution < 1.29 is 9.53 Å². The summed E-state index contributed by atoms with van der Waals surface area (Å²) in [7, 11) is 0. The van der Waals surface area contributed by atoms with Crippen LogP contribution in [-0.2, 0) is 21.6 Å². The Morgan fingerprint density at radius 2 is 1.53 bits per heavy atom. The van der Waals surface area contributed by atoms with Gasteiger partial charge in [-0.2, -0.15) is 0 Å². The van der Waals surface area contributed by atoms with Gasteiger partial charge >= 0.3 is 5.97 Å². The molecule has 0 aliphatic rings. The summed E-state index contributed by atoms with van der Waals surface area (Å²) in [5.74, 6) is -0.510. The maximum Gasteiger partial charge on any atom is 0.324 e. The molecule has 1 aromatic heterocycles. The maximum atomic E-state index is 13.7. The molecular formula is C31H27ClN2O2. The number of rotatable bonds is 7. The number of hydrogen-bond acceptors (Lipinski definition) is 3. The molecule has 0 spiro atoms. The minimum Gasteiger partial charge on any atom is -0.443 e. The smallest absolute Gasteiger partial charge is 0.324 e. The van der Waals surface area contributed by atoms with Gasteiger partial charge in [0.05, 0.1) is 0 Å². The van der Waals surface area contributed by atoms with Gasteiger partial charge in [-0.25, -0.2) is 0 Å². The van der Waals surface area contributed by atoms with Gasteiger partial charge in [-0.05, 0) is 24.6 Å². The van der Waals surface area contributed by atoms with E-state index in [1.54, 1.807) is 0 Å². The van der Waals surface area contributed by atoms with Crippen molar-refractivity contribution in [3.63, 3.8) is 0 Å². The number of halogens is 1. The van der Waals surface area contributed by atoms with E-state index >= 15 is 0 Å². The minimum absolute atomic E-state index is 0.337. The van der Waals surface area contributed by atoms with Crippen molar-refractivity contribution in [1.82, 2.24) is 4.98 Å². The standard InChI is InChI=1S/C31H27ClN2O2/c1-21-15-17-24(18-16-21)31(23-9-3-2-4-10-23,26-12-6-7-13-27(26)32)36-30(35)28(33)19-22-20-34-29-14-8-5-11-25(22)29/h2-18,20,28,34H,19,33H2,1H3/t28-,31?/m0/s1. The number of carbonyl (C=O) groups is 1. The second-order valence-electron chi connectivity index (χ2n) is 8.98.